The van der Waals surface area contributed by atoms with Gasteiger partial charge >= 0.3 is 5.97 Å². The third kappa shape index (κ3) is 3.35. The van der Waals surface area contributed by atoms with Crippen LogP contribution in [0.1, 0.15) is 0 Å². The van der Waals surface area contributed by atoms with Gasteiger partial charge in [0, 0.05) is 5.56 Å². The average molecular weight is 326 g/mol. The Bertz CT molecular complexity index is 842. The van der Waals surface area contributed by atoms with Gasteiger partial charge in [0.05, 0.1) is 12.7 Å². The lowest BCUT2D eigenvalue weighted by molar-refractivity contribution is -0.139. The number of aromatic nitrogens is 2. The minimum atomic E-state index is -1.06. The minimum absolute atomic E-state index is 0.321. The van der Waals surface area contributed by atoms with Crippen molar-refractivity contribution >= 4 is 5.97 Å². The van der Waals surface area contributed by atoms with Crippen LogP contribution in [0.25, 0.3) is 22.8 Å². The molecular weight excluding hydrogens is 312 g/mol. The van der Waals surface area contributed by atoms with Crippen LogP contribution in [-0.2, 0) is 4.79 Å². The molecule has 2 aromatic carbocycles. The summed E-state index contributed by atoms with van der Waals surface area (Å²) in [6.45, 7) is -0.444. The zero-order valence-electron chi connectivity index (χ0n) is 12.8. The quantitative estimate of drug-likeness (QED) is 0.744. The highest BCUT2D eigenvalue weighted by atomic mass is 16.5. The maximum atomic E-state index is 10.7. The molecule has 1 aromatic heterocycles. The van der Waals surface area contributed by atoms with Gasteiger partial charge in [-0.1, -0.05) is 17.3 Å². The van der Waals surface area contributed by atoms with Crippen molar-refractivity contribution in [1.29, 1.82) is 0 Å². The first kappa shape index (κ1) is 15.5. The van der Waals surface area contributed by atoms with Gasteiger partial charge in [-0.3, -0.25) is 0 Å². The smallest absolute Gasteiger partial charge is 0.341 e. The number of hydrogen-bond donors (Lipinski definition) is 1. The minimum Gasteiger partial charge on any atom is -0.497 e. The van der Waals surface area contributed by atoms with E-state index in [0.29, 0.717) is 23.0 Å². The molecule has 0 aliphatic rings. The highest BCUT2D eigenvalue weighted by molar-refractivity contribution is 5.70. The van der Waals surface area contributed by atoms with Crippen LogP contribution in [-0.4, -0.2) is 34.9 Å². The van der Waals surface area contributed by atoms with E-state index in [4.69, 9.17) is 19.1 Å². The van der Waals surface area contributed by atoms with Crippen LogP contribution in [0.4, 0.5) is 0 Å². The highest BCUT2D eigenvalue weighted by Crippen LogP contribution is 2.30. The first-order chi connectivity index (χ1) is 11.7. The van der Waals surface area contributed by atoms with Crippen molar-refractivity contribution in [3.05, 3.63) is 48.5 Å². The van der Waals surface area contributed by atoms with Gasteiger partial charge in [-0.15, -0.1) is 0 Å². The summed E-state index contributed by atoms with van der Waals surface area (Å²) in [6, 6.07) is 14.1. The lowest BCUT2D eigenvalue weighted by Gasteiger charge is -2.06. The molecule has 0 atom stereocenters. The van der Waals surface area contributed by atoms with Gasteiger partial charge in [-0.05, 0) is 36.4 Å². The van der Waals surface area contributed by atoms with E-state index in [1.54, 1.807) is 43.5 Å². The topological polar surface area (TPSA) is 94.7 Å². The highest BCUT2D eigenvalue weighted by Gasteiger charge is 2.15. The fraction of sp³-hybridized carbons (Fsp3) is 0.118. The summed E-state index contributed by atoms with van der Waals surface area (Å²) in [4.78, 5) is 15.0. The Balaban J connectivity index is 1.88. The van der Waals surface area contributed by atoms with E-state index in [1.165, 1.54) is 0 Å². The second-order valence-corrected chi connectivity index (χ2v) is 4.83. The van der Waals surface area contributed by atoms with Crippen molar-refractivity contribution in [2.24, 2.45) is 0 Å². The van der Waals surface area contributed by atoms with Crippen molar-refractivity contribution in [2.75, 3.05) is 13.7 Å². The molecule has 7 nitrogen and oxygen atoms in total. The molecule has 0 fully saturated rings. The number of rotatable bonds is 6. The number of methoxy groups -OCH3 is 1. The van der Waals surface area contributed by atoms with Gasteiger partial charge in [-0.2, -0.15) is 4.98 Å². The Labute approximate surface area is 137 Å². The van der Waals surface area contributed by atoms with E-state index >= 15 is 0 Å². The predicted octanol–water partition coefficient (Wildman–Crippen LogP) is 2.88. The van der Waals surface area contributed by atoms with Gasteiger partial charge < -0.3 is 19.1 Å². The Morgan fingerprint density at radius 3 is 2.62 bits per heavy atom. The molecule has 24 heavy (non-hydrogen) atoms. The second kappa shape index (κ2) is 6.82. The number of benzene rings is 2. The monoisotopic (exact) mass is 326 g/mol. The van der Waals surface area contributed by atoms with Gasteiger partial charge in [0.1, 0.15) is 11.5 Å². The molecule has 0 saturated carbocycles. The fourth-order valence-corrected chi connectivity index (χ4v) is 2.10. The van der Waals surface area contributed by atoms with Crippen LogP contribution < -0.4 is 9.47 Å². The molecule has 3 aromatic rings. The lowest BCUT2D eigenvalue weighted by atomic mass is 10.2. The normalized spacial score (nSPS) is 10.4. The molecular formula is C17H14N2O5. The summed E-state index contributed by atoms with van der Waals surface area (Å²) in [6.07, 6.45) is 0. The predicted molar refractivity (Wildman–Crippen MR) is 84.9 cm³/mol. The lowest BCUT2D eigenvalue weighted by Crippen LogP contribution is -2.10. The Kier molecular flexibility index (Phi) is 4.42. The summed E-state index contributed by atoms with van der Waals surface area (Å²) >= 11 is 0. The largest absolute Gasteiger partial charge is 0.497 e. The summed E-state index contributed by atoms with van der Waals surface area (Å²) in [7, 11) is 1.59. The number of carboxylic acids is 1. The van der Waals surface area contributed by atoms with Crippen LogP contribution in [0.15, 0.2) is 53.1 Å². The molecule has 0 unspecified atom stereocenters. The molecule has 0 amide bonds. The summed E-state index contributed by atoms with van der Waals surface area (Å²) in [5.74, 6) is 0.715. The molecule has 1 heterocycles. The van der Waals surface area contributed by atoms with Gasteiger partial charge in [-0.25, -0.2) is 4.79 Å². The number of ether oxygens (including phenoxy) is 2. The second-order valence-electron chi connectivity index (χ2n) is 4.83. The molecule has 0 saturated heterocycles. The Morgan fingerprint density at radius 1 is 1.17 bits per heavy atom. The van der Waals surface area contributed by atoms with Crippen molar-refractivity contribution in [2.45, 2.75) is 0 Å². The van der Waals surface area contributed by atoms with Crippen LogP contribution in [0.5, 0.6) is 11.5 Å². The molecule has 7 heteroatoms. The summed E-state index contributed by atoms with van der Waals surface area (Å²) < 4.78 is 15.7. The first-order valence-corrected chi connectivity index (χ1v) is 7.09. The Morgan fingerprint density at radius 2 is 1.92 bits per heavy atom. The van der Waals surface area contributed by atoms with Crippen LogP contribution in [0, 0.1) is 0 Å². The maximum Gasteiger partial charge on any atom is 0.341 e. The van der Waals surface area contributed by atoms with Crippen LogP contribution >= 0.6 is 0 Å². The molecule has 0 radical (unpaired) electrons. The van der Waals surface area contributed by atoms with E-state index in [-0.39, 0.29) is 0 Å². The number of hydrogen-bond acceptors (Lipinski definition) is 6. The zero-order chi connectivity index (χ0) is 16.9. The van der Waals surface area contributed by atoms with Crippen molar-refractivity contribution < 1.29 is 23.9 Å². The maximum absolute atomic E-state index is 10.7. The van der Waals surface area contributed by atoms with E-state index < -0.39 is 12.6 Å². The van der Waals surface area contributed by atoms with Crippen molar-refractivity contribution in [3.63, 3.8) is 0 Å². The zero-order valence-corrected chi connectivity index (χ0v) is 12.8. The Hall–Kier alpha value is -3.35. The molecule has 0 aliphatic heterocycles. The van der Waals surface area contributed by atoms with E-state index in [1.807, 2.05) is 12.1 Å². The standard InChI is InChI=1S/C17H14N2O5/c1-22-12-8-6-11(7-9-12)17-18-16(19-24-17)13-4-2-3-5-14(13)23-10-15(20)21/h2-9H,10H2,1H3,(H,20,21). The SMILES string of the molecule is COc1ccc(-c2nc(-c3ccccc3OCC(=O)O)no2)cc1. The fourth-order valence-electron chi connectivity index (χ4n) is 2.10. The molecule has 0 aliphatic carbocycles. The van der Waals surface area contributed by atoms with Crippen LogP contribution in [0.3, 0.4) is 0 Å². The number of nitrogens with zero attached hydrogens (tertiary/aromatic N) is 2. The number of para-hydroxylation sites is 1. The number of carbonyl (C=O) groups is 1. The van der Waals surface area contributed by atoms with Gasteiger partial charge in [0.2, 0.25) is 5.82 Å². The third-order valence-electron chi connectivity index (χ3n) is 3.24. The molecule has 1 N–H and O–H groups in total. The van der Waals surface area contributed by atoms with E-state index in [9.17, 15) is 4.79 Å². The van der Waals surface area contributed by atoms with Crippen molar-refractivity contribution in [3.8, 4) is 34.3 Å². The van der Waals surface area contributed by atoms with Gasteiger partial charge in [0.15, 0.2) is 6.61 Å². The summed E-state index contributed by atoms with van der Waals surface area (Å²) in [5, 5.41) is 12.7. The van der Waals surface area contributed by atoms with E-state index in [0.717, 1.165) is 11.3 Å². The average Bonchev–Trinajstić information content (AvgIpc) is 3.10. The molecule has 122 valence electrons. The third-order valence-corrected chi connectivity index (χ3v) is 3.24. The number of carboxylic acid groups (broad SMARTS) is 1. The van der Waals surface area contributed by atoms with Crippen molar-refractivity contribution in [1.82, 2.24) is 10.1 Å². The van der Waals surface area contributed by atoms with Crippen LogP contribution in [0.2, 0.25) is 0 Å². The molecule has 0 spiro atoms. The molecule has 0 bridgehead atoms. The summed E-state index contributed by atoms with van der Waals surface area (Å²) in [5.41, 5.74) is 1.31. The van der Waals surface area contributed by atoms with Gasteiger partial charge in [0.25, 0.3) is 5.89 Å². The number of aliphatic carboxylic acids is 1. The van der Waals surface area contributed by atoms with E-state index in [2.05, 4.69) is 10.1 Å². The first-order valence-electron chi connectivity index (χ1n) is 7.09. The molecule has 3 rings (SSSR count).